The number of hydrogen-bond acceptors (Lipinski definition) is 6. The molecule has 0 heterocycles. The van der Waals surface area contributed by atoms with Crippen LogP contribution in [-0.2, 0) is 0 Å². The van der Waals surface area contributed by atoms with Crippen LogP contribution in [0.5, 0.6) is 23.0 Å². The van der Waals surface area contributed by atoms with Crippen molar-refractivity contribution in [1.82, 2.24) is 5.43 Å². The van der Waals surface area contributed by atoms with Crippen LogP contribution in [0.1, 0.15) is 29.3 Å². The Kier molecular flexibility index (Phi) is 9.46. The van der Waals surface area contributed by atoms with Gasteiger partial charge in [-0.15, -0.1) is 0 Å². The molecule has 0 atom stereocenters. The van der Waals surface area contributed by atoms with Gasteiger partial charge in [0.05, 0.1) is 30.6 Å². The number of nitrogens with one attached hydrogen (secondary N) is 1. The van der Waals surface area contributed by atoms with E-state index in [9.17, 15) is 4.79 Å². The molecule has 2 aromatic carbocycles. The maximum absolute atomic E-state index is 12.4. The van der Waals surface area contributed by atoms with Gasteiger partial charge in [0.2, 0.25) is 0 Å². The van der Waals surface area contributed by atoms with Crippen molar-refractivity contribution in [2.45, 2.75) is 13.3 Å². The number of hydrazone groups is 1. The molecule has 0 aliphatic rings. The Morgan fingerprint density at radius 3 is 2.57 bits per heavy atom. The molecule has 1 N–H and O–H groups in total. The molecular weight excluding hydrogens is 499 g/mol. The van der Waals surface area contributed by atoms with Crippen molar-refractivity contribution < 1.29 is 23.7 Å². The summed E-state index contributed by atoms with van der Waals surface area (Å²) in [5.74, 6) is 1.94. The summed E-state index contributed by atoms with van der Waals surface area (Å²) < 4.78 is 22.8. The number of nitrogens with zero attached hydrogens (tertiary/aromatic N) is 1. The lowest BCUT2D eigenvalue weighted by atomic mass is 10.2. The zero-order chi connectivity index (χ0) is 21.9. The first-order chi connectivity index (χ1) is 14.5. The summed E-state index contributed by atoms with van der Waals surface area (Å²) >= 11 is 2.16. The van der Waals surface area contributed by atoms with Crippen molar-refractivity contribution in [3.05, 3.63) is 57.7 Å². The molecule has 0 fully saturated rings. The van der Waals surface area contributed by atoms with Crippen LogP contribution in [-0.4, -0.2) is 39.6 Å². The van der Waals surface area contributed by atoms with E-state index in [0.29, 0.717) is 41.8 Å². The first kappa shape index (κ1) is 23.5. The number of halogens is 1. The number of carbonyl (C=O) groups excluding carboxylic acids is 1. The average Bonchev–Trinajstić information content (AvgIpc) is 2.76. The first-order valence-corrected chi connectivity index (χ1v) is 10.4. The quantitative estimate of drug-likeness (QED) is 0.204. The molecule has 0 aliphatic heterocycles. The summed E-state index contributed by atoms with van der Waals surface area (Å²) in [5.41, 5.74) is 3.68. The van der Waals surface area contributed by atoms with Gasteiger partial charge in [-0.05, 0) is 64.9 Å². The lowest BCUT2D eigenvalue weighted by Gasteiger charge is -2.12. The van der Waals surface area contributed by atoms with Gasteiger partial charge in [-0.1, -0.05) is 19.6 Å². The van der Waals surface area contributed by atoms with Gasteiger partial charge in [-0.2, -0.15) is 5.10 Å². The maximum atomic E-state index is 12.4. The molecule has 0 unspecified atom stereocenters. The second-order valence-corrected chi connectivity index (χ2v) is 7.21. The van der Waals surface area contributed by atoms with Crippen molar-refractivity contribution in [2.75, 3.05) is 27.4 Å². The van der Waals surface area contributed by atoms with Crippen LogP contribution in [0.4, 0.5) is 0 Å². The third kappa shape index (κ3) is 6.38. The predicted molar refractivity (Wildman–Crippen MR) is 125 cm³/mol. The molecule has 1 amide bonds. The van der Waals surface area contributed by atoms with Crippen molar-refractivity contribution in [3.63, 3.8) is 0 Å². The fourth-order valence-electron chi connectivity index (χ4n) is 2.47. The van der Waals surface area contributed by atoms with Crippen LogP contribution in [0, 0.1) is 3.57 Å². The minimum Gasteiger partial charge on any atom is -0.493 e. The van der Waals surface area contributed by atoms with Crippen molar-refractivity contribution in [2.24, 2.45) is 5.10 Å². The molecule has 0 saturated carbocycles. The Hall–Kier alpha value is -2.75. The van der Waals surface area contributed by atoms with E-state index in [0.717, 1.165) is 15.6 Å². The summed E-state index contributed by atoms with van der Waals surface area (Å²) in [6.45, 7) is 6.62. The number of benzene rings is 2. The Balaban J connectivity index is 2.10. The fraction of sp³-hybridized carbons (Fsp3) is 0.273. The van der Waals surface area contributed by atoms with Crippen LogP contribution >= 0.6 is 22.6 Å². The third-order valence-electron chi connectivity index (χ3n) is 3.86. The number of methoxy groups -OCH3 is 2. The minimum absolute atomic E-state index is 0.362. The monoisotopic (exact) mass is 524 g/mol. The van der Waals surface area contributed by atoms with E-state index < -0.39 is 0 Å². The zero-order valence-corrected chi connectivity index (χ0v) is 19.4. The molecule has 7 nitrogen and oxygen atoms in total. The van der Waals surface area contributed by atoms with Crippen LogP contribution in [0.15, 0.2) is 48.1 Å². The number of ether oxygens (including phenoxy) is 4. The van der Waals surface area contributed by atoms with Crippen LogP contribution in [0.3, 0.4) is 0 Å². The lowest BCUT2D eigenvalue weighted by molar-refractivity contribution is 0.0954. The van der Waals surface area contributed by atoms with Gasteiger partial charge in [-0.3, -0.25) is 4.79 Å². The third-order valence-corrected chi connectivity index (χ3v) is 4.67. The first-order valence-electron chi connectivity index (χ1n) is 9.29. The Labute approximate surface area is 190 Å². The number of hydrogen-bond donors (Lipinski definition) is 1. The zero-order valence-electron chi connectivity index (χ0n) is 17.2. The highest BCUT2D eigenvalue weighted by Crippen LogP contribution is 2.33. The van der Waals surface area contributed by atoms with Crippen molar-refractivity contribution in [3.8, 4) is 23.0 Å². The lowest BCUT2D eigenvalue weighted by Crippen LogP contribution is -2.17. The van der Waals surface area contributed by atoms with Gasteiger partial charge >= 0.3 is 0 Å². The van der Waals surface area contributed by atoms with E-state index in [4.69, 9.17) is 18.9 Å². The number of amides is 1. The molecule has 0 spiro atoms. The van der Waals surface area contributed by atoms with Gasteiger partial charge in [-0.25, -0.2) is 5.43 Å². The molecule has 0 bridgehead atoms. The van der Waals surface area contributed by atoms with E-state index in [1.807, 2.05) is 13.0 Å². The molecule has 30 heavy (non-hydrogen) atoms. The molecule has 0 saturated heterocycles. The molecule has 0 aromatic heterocycles. The highest BCUT2D eigenvalue weighted by molar-refractivity contribution is 14.1. The summed E-state index contributed by atoms with van der Waals surface area (Å²) in [5, 5.41) is 4.04. The van der Waals surface area contributed by atoms with E-state index in [1.54, 1.807) is 37.5 Å². The normalized spacial score (nSPS) is 10.5. The highest BCUT2D eigenvalue weighted by Gasteiger charge is 2.12. The minimum atomic E-state index is -0.362. The second-order valence-electron chi connectivity index (χ2n) is 6.05. The molecule has 2 aromatic rings. The van der Waals surface area contributed by atoms with Gasteiger partial charge < -0.3 is 18.9 Å². The summed E-state index contributed by atoms with van der Waals surface area (Å²) in [6.07, 6.45) is 4.08. The van der Waals surface area contributed by atoms with Crippen LogP contribution < -0.4 is 24.4 Å². The average molecular weight is 524 g/mol. The summed E-state index contributed by atoms with van der Waals surface area (Å²) in [7, 11) is 3.10. The standard InChI is InChI=1S/C22H25IN2O5/c1-5-9-29-18-8-7-16(13-19(18)27-3)22(26)25-24-14-15-11-17(23)21(30-10-6-2)20(12-15)28-4/h6-8,11-14H,2,5,9-10H2,1,3-4H3,(H,25,26)/b24-14+. The number of rotatable bonds is 11. The van der Waals surface area contributed by atoms with Crippen LogP contribution in [0.25, 0.3) is 0 Å². The van der Waals surface area contributed by atoms with Gasteiger partial charge in [0, 0.05) is 5.56 Å². The Morgan fingerprint density at radius 2 is 1.90 bits per heavy atom. The smallest absolute Gasteiger partial charge is 0.271 e. The Morgan fingerprint density at radius 1 is 1.13 bits per heavy atom. The van der Waals surface area contributed by atoms with E-state index in [2.05, 4.69) is 39.7 Å². The molecule has 2 rings (SSSR count). The highest BCUT2D eigenvalue weighted by atomic mass is 127. The maximum Gasteiger partial charge on any atom is 0.271 e. The molecule has 0 radical (unpaired) electrons. The second kappa shape index (κ2) is 12.1. The topological polar surface area (TPSA) is 78.4 Å². The molecular formula is C22H25IN2O5. The number of carbonyl (C=O) groups is 1. The van der Waals surface area contributed by atoms with Gasteiger partial charge in [0.25, 0.3) is 5.91 Å². The summed E-state index contributed by atoms with van der Waals surface area (Å²) in [4.78, 5) is 12.4. The SMILES string of the molecule is C=CCOc1c(I)cc(/C=N/NC(=O)c2ccc(OCCC)c(OC)c2)cc1OC. The van der Waals surface area contributed by atoms with Crippen molar-refractivity contribution in [1.29, 1.82) is 0 Å². The largest absolute Gasteiger partial charge is 0.493 e. The fourth-order valence-corrected chi connectivity index (χ4v) is 3.25. The molecule has 8 heteroatoms. The van der Waals surface area contributed by atoms with Crippen LogP contribution in [0.2, 0.25) is 0 Å². The van der Waals surface area contributed by atoms with Crippen molar-refractivity contribution >= 4 is 34.7 Å². The Bertz CT molecular complexity index is 915. The summed E-state index contributed by atoms with van der Waals surface area (Å²) in [6, 6.07) is 8.64. The molecule has 160 valence electrons. The van der Waals surface area contributed by atoms with E-state index >= 15 is 0 Å². The van der Waals surface area contributed by atoms with Gasteiger partial charge in [0.1, 0.15) is 6.61 Å². The predicted octanol–water partition coefficient (Wildman–Crippen LogP) is 4.43. The van der Waals surface area contributed by atoms with E-state index in [-0.39, 0.29) is 5.91 Å². The van der Waals surface area contributed by atoms with Gasteiger partial charge in [0.15, 0.2) is 23.0 Å². The van der Waals surface area contributed by atoms with E-state index in [1.165, 1.54) is 13.3 Å². The molecule has 0 aliphatic carbocycles.